The molecular formula is C37H30F2N6O5S. The molecular weight excluding hydrogens is 679 g/mol. The maximum atomic E-state index is 14.5. The summed E-state index contributed by atoms with van der Waals surface area (Å²) in [4.78, 5) is 38.9. The van der Waals surface area contributed by atoms with Crippen molar-refractivity contribution >= 4 is 33.1 Å². The highest BCUT2D eigenvalue weighted by Gasteiger charge is 2.44. The fraction of sp³-hybridized carbons (Fsp3) is 0.270. The Labute approximate surface area is 293 Å². The molecule has 3 aliphatic rings. The average Bonchev–Trinajstić information content (AvgIpc) is 3.93. The molecule has 9 rings (SSSR count). The molecule has 1 fully saturated rings. The Kier molecular flexibility index (Phi) is 7.65. The van der Waals surface area contributed by atoms with Gasteiger partial charge in [0.1, 0.15) is 11.6 Å². The van der Waals surface area contributed by atoms with E-state index in [9.17, 15) is 18.4 Å². The van der Waals surface area contributed by atoms with Gasteiger partial charge in [0.25, 0.3) is 11.8 Å². The minimum atomic E-state index is -0.738. The van der Waals surface area contributed by atoms with Gasteiger partial charge < -0.3 is 24.1 Å². The SMILES string of the molecule is COc1c(F)ccc2c1CC[C@@H]2Nc1nccc2cc(-c3c4c(nc(CCc5ccc(F)cc5)c3-c3n[nH]c(=O)o3)[C@H]3COCCN3C4=O)sc12. The van der Waals surface area contributed by atoms with Crippen molar-refractivity contribution in [3.63, 3.8) is 0 Å². The van der Waals surface area contributed by atoms with Crippen molar-refractivity contribution in [2.24, 2.45) is 0 Å². The second-order valence-corrected chi connectivity index (χ2v) is 13.8. The van der Waals surface area contributed by atoms with E-state index in [-0.39, 0.29) is 41.3 Å². The van der Waals surface area contributed by atoms with E-state index in [1.807, 2.05) is 12.1 Å². The standard InChI is InChI=1S/C37H30F2N6O5S/c1-48-32-22-8-11-24(21(22)7-9-23(32)39)42-34-33-19(12-13-40-34)16-27(51-33)29-28(35-43-44-37(47)50-35)25(10-4-18-2-5-20(38)6-3-18)41-31-26-17-49-15-14-45(26)36(46)30(29)31/h2-3,5-7,9,12-13,16,24,26H,4,8,10-11,14-15,17H2,1H3,(H,40,42)(H,44,47)/t24-,26+/m0/s1. The number of H-pyrrole nitrogens is 1. The van der Waals surface area contributed by atoms with Crippen LogP contribution in [0, 0.1) is 11.6 Å². The number of ether oxygens (including phenoxy) is 2. The van der Waals surface area contributed by atoms with Gasteiger partial charge in [-0.3, -0.25) is 9.78 Å². The molecule has 6 aromatic rings. The highest BCUT2D eigenvalue weighted by atomic mass is 32.1. The van der Waals surface area contributed by atoms with Crippen LogP contribution in [-0.4, -0.2) is 57.8 Å². The third kappa shape index (κ3) is 5.28. The number of halogens is 2. The third-order valence-corrected chi connectivity index (χ3v) is 11.1. The molecule has 2 atom stereocenters. The molecule has 4 aromatic heterocycles. The number of pyridine rings is 2. The summed E-state index contributed by atoms with van der Waals surface area (Å²) in [6.45, 7) is 1.14. The van der Waals surface area contributed by atoms with Crippen LogP contribution in [0.4, 0.5) is 14.6 Å². The molecule has 11 nitrogen and oxygen atoms in total. The molecule has 0 unspecified atom stereocenters. The number of aromatic nitrogens is 4. The first-order valence-electron chi connectivity index (χ1n) is 16.6. The van der Waals surface area contributed by atoms with Crippen LogP contribution in [-0.2, 0) is 24.0 Å². The molecule has 2 N–H and O–H groups in total. The van der Waals surface area contributed by atoms with E-state index in [0.29, 0.717) is 72.9 Å². The van der Waals surface area contributed by atoms with E-state index in [1.165, 1.54) is 36.6 Å². The van der Waals surface area contributed by atoms with Gasteiger partial charge >= 0.3 is 5.76 Å². The summed E-state index contributed by atoms with van der Waals surface area (Å²) in [6, 6.07) is 12.9. The number of anilines is 1. The van der Waals surface area contributed by atoms with Crippen molar-refractivity contribution < 1.29 is 27.5 Å². The topological polar surface area (TPSA) is 135 Å². The molecule has 0 saturated carbocycles. The number of aromatic amines is 1. The number of hydrogen-bond acceptors (Lipinski definition) is 10. The molecule has 258 valence electrons. The molecule has 2 aromatic carbocycles. The predicted octanol–water partition coefficient (Wildman–Crippen LogP) is 6.40. The number of nitrogens with zero attached hydrogens (tertiary/aromatic N) is 4. The summed E-state index contributed by atoms with van der Waals surface area (Å²) >= 11 is 1.45. The zero-order valence-corrected chi connectivity index (χ0v) is 28.1. The van der Waals surface area contributed by atoms with E-state index < -0.39 is 5.76 Å². The number of fused-ring (bicyclic) bond motifs is 5. The second kappa shape index (κ2) is 12.4. The minimum Gasteiger partial charge on any atom is -0.493 e. The Bertz CT molecular complexity index is 2410. The van der Waals surface area contributed by atoms with Crippen LogP contribution in [0.25, 0.3) is 32.0 Å². The molecule has 51 heavy (non-hydrogen) atoms. The van der Waals surface area contributed by atoms with Crippen molar-refractivity contribution in [3.05, 3.63) is 111 Å². The second-order valence-electron chi connectivity index (χ2n) is 12.8. The van der Waals surface area contributed by atoms with Gasteiger partial charge in [0.2, 0.25) is 0 Å². The fourth-order valence-electron chi connectivity index (χ4n) is 7.61. The Morgan fingerprint density at radius 1 is 1.08 bits per heavy atom. The van der Waals surface area contributed by atoms with Gasteiger partial charge in [-0.1, -0.05) is 18.2 Å². The lowest BCUT2D eigenvalue weighted by Gasteiger charge is -2.29. The van der Waals surface area contributed by atoms with Crippen LogP contribution in [0.15, 0.2) is 63.9 Å². The number of aryl methyl sites for hydroxylation is 2. The molecule has 2 aliphatic heterocycles. The van der Waals surface area contributed by atoms with Crippen molar-refractivity contribution in [1.82, 2.24) is 25.1 Å². The van der Waals surface area contributed by atoms with Crippen molar-refractivity contribution in [2.75, 3.05) is 32.2 Å². The lowest BCUT2D eigenvalue weighted by Crippen LogP contribution is -2.38. The first kappa shape index (κ1) is 31.5. The highest BCUT2D eigenvalue weighted by molar-refractivity contribution is 7.23. The molecule has 1 aliphatic carbocycles. The average molecular weight is 709 g/mol. The van der Waals surface area contributed by atoms with Gasteiger partial charge in [0.15, 0.2) is 11.6 Å². The monoisotopic (exact) mass is 708 g/mol. The highest BCUT2D eigenvalue weighted by Crippen LogP contribution is 2.49. The molecule has 0 spiro atoms. The van der Waals surface area contributed by atoms with Gasteiger partial charge in [-0.15, -0.1) is 16.4 Å². The zero-order chi connectivity index (χ0) is 34.8. The maximum Gasteiger partial charge on any atom is 0.434 e. The number of hydrogen-bond donors (Lipinski definition) is 2. The quantitative estimate of drug-likeness (QED) is 0.184. The summed E-state index contributed by atoms with van der Waals surface area (Å²) in [7, 11) is 1.48. The number of rotatable bonds is 8. The summed E-state index contributed by atoms with van der Waals surface area (Å²) in [5.74, 6) is -0.690. The number of carbonyl (C=O) groups is 1. The van der Waals surface area contributed by atoms with Crippen LogP contribution in [0.1, 0.15) is 56.9 Å². The van der Waals surface area contributed by atoms with Gasteiger partial charge in [0.05, 0.1) is 59.6 Å². The third-order valence-electron chi connectivity index (χ3n) is 9.94. The number of benzene rings is 2. The number of thiophene rings is 1. The van der Waals surface area contributed by atoms with E-state index in [1.54, 1.807) is 29.3 Å². The lowest BCUT2D eigenvalue weighted by molar-refractivity contribution is 0.00352. The van der Waals surface area contributed by atoms with E-state index in [4.69, 9.17) is 23.9 Å². The molecule has 0 bridgehead atoms. The maximum absolute atomic E-state index is 14.5. The summed E-state index contributed by atoms with van der Waals surface area (Å²) in [5, 5.41) is 11.1. The number of nitrogens with one attached hydrogen (secondary N) is 2. The minimum absolute atomic E-state index is 0.0194. The largest absolute Gasteiger partial charge is 0.493 e. The van der Waals surface area contributed by atoms with Crippen LogP contribution in [0.3, 0.4) is 0 Å². The molecule has 14 heteroatoms. The van der Waals surface area contributed by atoms with Gasteiger partial charge in [-0.25, -0.2) is 23.7 Å². The summed E-state index contributed by atoms with van der Waals surface area (Å²) in [5.41, 5.74) is 5.32. The fourth-order valence-corrected chi connectivity index (χ4v) is 8.77. The molecule has 0 radical (unpaired) electrons. The van der Waals surface area contributed by atoms with Crippen molar-refractivity contribution in [3.8, 4) is 27.6 Å². The van der Waals surface area contributed by atoms with Crippen LogP contribution >= 0.6 is 11.3 Å². The summed E-state index contributed by atoms with van der Waals surface area (Å²) < 4.78 is 45.8. The van der Waals surface area contributed by atoms with E-state index in [0.717, 1.165) is 38.1 Å². The lowest BCUT2D eigenvalue weighted by atomic mass is 9.93. The Morgan fingerprint density at radius 3 is 2.75 bits per heavy atom. The van der Waals surface area contributed by atoms with Crippen molar-refractivity contribution in [1.29, 1.82) is 0 Å². The molecule has 1 saturated heterocycles. The number of amides is 1. The van der Waals surface area contributed by atoms with Gasteiger partial charge in [-0.05, 0) is 72.5 Å². The Balaban J connectivity index is 1.20. The van der Waals surface area contributed by atoms with Crippen LogP contribution in [0.2, 0.25) is 0 Å². The number of carbonyl (C=O) groups excluding carboxylic acids is 1. The predicted molar refractivity (Wildman–Crippen MR) is 185 cm³/mol. The van der Waals surface area contributed by atoms with Crippen molar-refractivity contribution in [2.45, 2.75) is 37.8 Å². The smallest absolute Gasteiger partial charge is 0.434 e. The Hall–Kier alpha value is -5.47. The summed E-state index contributed by atoms with van der Waals surface area (Å²) in [6.07, 6.45) is 4.02. The van der Waals surface area contributed by atoms with Gasteiger partial charge in [-0.2, -0.15) is 0 Å². The van der Waals surface area contributed by atoms with Crippen LogP contribution < -0.4 is 15.8 Å². The van der Waals surface area contributed by atoms with Gasteiger partial charge in [0, 0.05) is 28.7 Å². The molecule has 6 heterocycles. The van der Waals surface area contributed by atoms with E-state index >= 15 is 0 Å². The van der Waals surface area contributed by atoms with E-state index in [2.05, 4.69) is 15.5 Å². The Morgan fingerprint density at radius 2 is 1.94 bits per heavy atom. The number of methoxy groups -OCH3 is 1. The first-order valence-corrected chi connectivity index (χ1v) is 17.5. The van der Waals surface area contributed by atoms with Crippen LogP contribution in [0.5, 0.6) is 5.75 Å². The zero-order valence-electron chi connectivity index (χ0n) is 27.3. The molecule has 1 amide bonds. The first-order chi connectivity index (χ1) is 24.9. The number of morpholine rings is 1. The normalized spacial score (nSPS) is 17.9.